The van der Waals surface area contributed by atoms with Crippen molar-refractivity contribution in [2.24, 2.45) is 0 Å². The van der Waals surface area contributed by atoms with E-state index in [2.05, 4.69) is 28.3 Å². The molecular weight excluding hydrogens is 381 g/mol. The predicted octanol–water partition coefficient (Wildman–Crippen LogP) is 4.98. The van der Waals surface area contributed by atoms with E-state index in [9.17, 15) is 18.3 Å². The Morgan fingerprint density at radius 3 is 2.59 bits per heavy atom. The van der Waals surface area contributed by atoms with Crippen molar-refractivity contribution in [3.05, 3.63) is 65.4 Å². The molecule has 1 aliphatic heterocycles. The molecule has 1 aromatic heterocycles. The molecule has 2 aromatic carbocycles. The van der Waals surface area contributed by atoms with Crippen molar-refractivity contribution in [1.82, 2.24) is 9.88 Å². The number of nitrogens with one attached hydrogen (secondary N) is 1. The van der Waals surface area contributed by atoms with Crippen LogP contribution in [0.15, 0.2) is 48.7 Å². The van der Waals surface area contributed by atoms with Crippen LogP contribution in [-0.2, 0) is 6.54 Å². The maximum absolute atomic E-state index is 12.3. The molecule has 4 rings (SSSR count). The summed E-state index contributed by atoms with van der Waals surface area (Å²) in [7, 11) is 0. The maximum atomic E-state index is 12.3. The lowest BCUT2D eigenvalue weighted by atomic mass is 9.96. The van der Waals surface area contributed by atoms with Gasteiger partial charge >= 0.3 is 6.36 Å². The first-order chi connectivity index (χ1) is 13.8. The van der Waals surface area contributed by atoms with Crippen LogP contribution in [0, 0.1) is 6.92 Å². The summed E-state index contributed by atoms with van der Waals surface area (Å²) in [5, 5.41) is 15.7. The van der Waals surface area contributed by atoms with Crippen molar-refractivity contribution in [3.8, 4) is 11.6 Å². The Bertz CT molecular complexity index is 1070. The number of aryl methyl sites for hydroxylation is 1. The van der Waals surface area contributed by atoms with Gasteiger partial charge < -0.3 is 19.7 Å². The van der Waals surface area contributed by atoms with Gasteiger partial charge in [0.05, 0.1) is 6.54 Å². The summed E-state index contributed by atoms with van der Waals surface area (Å²) < 4.78 is 42.5. The number of rotatable bonds is 4. The van der Waals surface area contributed by atoms with E-state index >= 15 is 0 Å². The summed E-state index contributed by atoms with van der Waals surface area (Å²) >= 11 is 0. The molecule has 0 aliphatic carbocycles. The lowest BCUT2D eigenvalue weighted by Crippen LogP contribution is -2.20. The van der Waals surface area contributed by atoms with Gasteiger partial charge in [0.1, 0.15) is 5.75 Å². The van der Waals surface area contributed by atoms with E-state index in [0.717, 1.165) is 47.0 Å². The zero-order valence-electron chi connectivity index (χ0n) is 15.9. The third-order valence-electron chi connectivity index (χ3n) is 5.10. The van der Waals surface area contributed by atoms with Gasteiger partial charge in [-0.05, 0) is 60.4 Å². The molecule has 4 nitrogen and oxygen atoms in total. The monoisotopic (exact) mass is 402 g/mol. The Balaban J connectivity index is 1.62. The van der Waals surface area contributed by atoms with Crippen LogP contribution in [-0.4, -0.2) is 29.1 Å². The number of nitrogens with zero attached hydrogens (tertiary/aromatic N) is 1. The van der Waals surface area contributed by atoms with Gasteiger partial charge in [-0.25, -0.2) is 0 Å². The number of ether oxygens (including phenoxy) is 1. The minimum atomic E-state index is -4.71. The van der Waals surface area contributed by atoms with Crippen molar-refractivity contribution in [2.45, 2.75) is 26.3 Å². The van der Waals surface area contributed by atoms with E-state index in [1.165, 1.54) is 17.7 Å². The SMILES string of the molecule is Cc1cc(C2=CCNCC2)cc2cn(Cc3ccc(OC(F)(F)F)cc3)c(O)c12. The quantitative estimate of drug-likeness (QED) is 0.647. The number of hydrogen-bond acceptors (Lipinski definition) is 3. The molecule has 1 aliphatic rings. The summed E-state index contributed by atoms with van der Waals surface area (Å²) in [6.45, 7) is 4.12. The number of fused-ring (bicyclic) bond motifs is 1. The number of benzene rings is 2. The maximum Gasteiger partial charge on any atom is 0.573 e. The van der Waals surface area contributed by atoms with Crippen LogP contribution in [0.25, 0.3) is 16.3 Å². The van der Waals surface area contributed by atoms with Gasteiger partial charge in [-0.15, -0.1) is 13.2 Å². The normalized spacial score (nSPS) is 14.8. The van der Waals surface area contributed by atoms with Crippen LogP contribution in [0.2, 0.25) is 0 Å². The molecule has 29 heavy (non-hydrogen) atoms. The van der Waals surface area contributed by atoms with Crippen molar-refractivity contribution in [3.63, 3.8) is 0 Å². The lowest BCUT2D eigenvalue weighted by molar-refractivity contribution is -0.274. The molecule has 0 bridgehead atoms. The van der Waals surface area contributed by atoms with Crippen LogP contribution in [0.1, 0.15) is 23.1 Å². The molecule has 2 N–H and O–H groups in total. The van der Waals surface area contributed by atoms with Crippen LogP contribution < -0.4 is 10.1 Å². The number of hydrogen-bond donors (Lipinski definition) is 2. The first-order valence-corrected chi connectivity index (χ1v) is 9.37. The Morgan fingerprint density at radius 1 is 1.17 bits per heavy atom. The second-order valence-electron chi connectivity index (χ2n) is 7.21. The summed E-state index contributed by atoms with van der Waals surface area (Å²) in [5.74, 6) is -0.113. The van der Waals surface area contributed by atoms with Crippen LogP contribution in [0.5, 0.6) is 11.6 Å². The average molecular weight is 402 g/mol. The third kappa shape index (κ3) is 4.24. The molecule has 0 unspecified atom stereocenters. The van der Waals surface area contributed by atoms with Crippen LogP contribution in [0.3, 0.4) is 0 Å². The van der Waals surface area contributed by atoms with Gasteiger partial charge in [-0.1, -0.05) is 24.3 Å². The van der Waals surface area contributed by atoms with Crippen molar-refractivity contribution >= 4 is 16.3 Å². The summed E-state index contributed by atoms with van der Waals surface area (Å²) in [6.07, 6.45) is 0.315. The van der Waals surface area contributed by atoms with Gasteiger partial charge in [0, 0.05) is 23.5 Å². The first-order valence-electron chi connectivity index (χ1n) is 9.37. The number of alkyl halides is 3. The highest BCUT2D eigenvalue weighted by Gasteiger charge is 2.30. The smallest absolute Gasteiger partial charge is 0.494 e. The topological polar surface area (TPSA) is 46.4 Å². The molecular formula is C22H21F3N2O2. The predicted molar refractivity (Wildman–Crippen MR) is 106 cm³/mol. The number of halogens is 3. The molecule has 152 valence electrons. The standard InChI is InChI=1S/C22H21F3N2O2/c1-14-10-17(16-6-8-26-9-7-16)11-18-13-27(21(28)20(14)18)12-15-2-4-19(5-3-15)29-22(23,24)25/h2-6,10-11,13,26,28H,7-9,12H2,1H3. The van der Waals surface area contributed by atoms with Gasteiger partial charge in [0.25, 0.3) is 0 Å². The fraction of sp³-hybridized carbons (Fsp3) is 0.273. The summed E-state index contributed by atoms with van der Waals surface area (Å²) in [6, 6.07) is 9.83. The van der Waals surface area contributed by atoms with E-state index < -0.39 is 6.36 Å². The molecule has 0 amide bonds. The molecule has 0 atom stereocenters. The molecule has 7 heteroatoms. The number of aromatic nitrogens is 1. The van der Waals surface area contributed by atoms with Gasteiger partial charge in [0.2, 0.25) is 0 Å². The summed E-state index contributed by atoms with van der Waals surface area (Å²) in [5.41, 5.74) is 4.19. The molecule has 0 radical (unpaired) electrons. The Labute approximate surface area is 166 Å². The molecule has 0 spiro atoms. The minimum absolute atomic E-state index is 0.152. The van der Waals surface area contributed by atoms with E-state index in [-0.39, 0.29) is 11.6 Å². The van der Waals surface area contributed by atoms with Crippen molar-refractivity contribution in [1.29, 1.82) is 0 Å². The Morgan fingerprint density at radius 2 is 1.93 bits per heavy atom. The fourth-order valence-electron chi connectivity index (χ4n) is 3.78. The first kappa shape index (κ1) is 19.4. The van der Waals surface area contributed by atoms with Crippen molar-refractivity contribution in [2.75, 3.05) is 13.1 Å². The molecule has 0 saturated carbocycles. The fourth-order valence-corrected chi connectivity index (χ4v) is 3.78. The third-order valence-corrected chi connectivity index (χ3v) is 5.10. The van der Waals surface area contributed by atoms with Gasteiger partial charge in [0.15, 0.2) is 5.88 Å². The highest BCUT2D eigenvalue weighted by molar-refractivity contribution is 5.93. The van der Waals surface area contributed by atoms with Crippen LogP contribution >= 0.6 is 0 Å². The largest absolute Gasteiger partial charge is 0.573 e. The highest BCUT2D eigenvalue weighted by atomic mass is 19.4. The van der Waals surface area contributed by atoms with E-state index in [1.54, 1.807) is 16.7 Å². The average Bonchev–Trinajstić information content (AvgIpc) is 2.99. The zero-order valence-corrected chi connectivity index (χ0v) is 15.9. The second-order valence-corrected chi connectivity index (χ2v) is 7.21. The second kappa shape index (κ2) is 7.48. The van der Waals surface area contributed by atoms with Gasteiger partial charge in [-0.2, -0.15) is 0 Å². The van der Waals surface area contributed by atoms with E-state index in [1.807, 2.05) is 13.1 Å². The Hall–Kier alpha value is -2.93. The molecule has 2 heterocycles. The zero-order chi connectivity index (χ0) is 20.6. The minimum Gasteiger partial charge on any atom is -0.494 e. The van der Waals surface area contributed by atoms with E-state index in [0.29, 0.717) is 6.54 Å². The molecule has 0 saturated heterocycles. The van der Waals surface area contributed by atoms with Crippen LogP contribution in [0.4, 0.5) is 13.2 Å². The highest BCUT2D eigenvalue weighted by Crippen LogP contribution is 2.34. The molecule has 3 aromatic rings. The van der Waals surface area contributed by atoms with Gasteiger partial charge in [-0.3, -0.25) is 0 Å². The van der Waals surface area contributed by atoms with Crippen molar-refractivity contribution < 1.29 is 23.0 Å². The lowest BCUT2D eigenvalue weighted by Gasteiger charge is -2.15. The van der Waals surface area contributed by atoms with E-state index in [4.69, 9.17) is 0 Å². The Kier molecular flexibility index (Phi) is 5.00. The summed E-state index contributed by atoms with van der Waals surface area (Å²) in [4.78, 5) is 0. The number of aromatic hydroxyl groups is 1. The molecule has 0 fully saturated rings.